The number of rotatable bonds is 1. The van der Waals surface area contributed by atoms with E-state index in [-0.39, 0.29) is 0 Å². The van der Waals surface area contributed by atoms with Gasteiger partial charge in [0.15, 0.2) is 11.5 Å². The van der Waals surface area contributed by atoms with Crippen molar-refractivity contribution in [3.05, 3.63) is 12.0 Å². The fraction of sp³-hybridized carbons (Fsp3) is 0.250. The van der Waals surface area contributed by atoms with Crippen molar-refractivity contribution >= 4 is 5.78 Å². The van der Waals surface area contributed by atoms with Crippen molar-refractivity contribution in [2.24, 2.45) is 0 Å². The summed E-state index contributed by atoms with van der Waals surface area (Å²) in [5, 5.41) is 16.1. The number of aliphatic hydroxyl groups is 2. The van der Waals surface area contributed by atoms with Gasteiger partial charge in [-0.05, 0) is 0 Å². The molecule has 2 N–H and O–H groups in total. The normalized spacial score (nSPS) is 11.3. The second kappa shape index (κ2) is 2.23. The van der Waals surface area contributed by atoms with Crippen molar-refractivity contribution in [2.75, 3.05) is 0 Å². The lowest BCUT2D eigenvalue weighted by Gasteiger charge is -1.83. The molecule has 0 heterocycles. The van der Waals surface area contributed by atoms with E-state index in [4.69, 9.17) is 10.2 Å². The summed E-state index contributed by atoms with van der Waals surface area (Å²) in [5.74, 6) is -1.15. The Balaban J connectivity index is 3.82. The minimum absolute atomic E-state index is 0.363. The number of ketones is 1. The molecule has 0 bridgehead atoms. The topological polar surface area (TPSA) is 57.5 Å². The number of aliphatic hydroxyl groups excluding tert-OH is 2. The maximum absolute atomic E-state index is 9.90. The van der Waals surface area contributed by atoms with Gasteiger partial charge in [-0.15, -0.1) is 0 Å². The van der Waals surface area contributed by atoms with Gasteiger partial charge in [0.1, 0.15) is 6.26 Å². The number of carbonyl (C=O) groups excluding carboxylic acids is 1. The van der Waals surface area contributed by atoms with E-state index in [1.807, 2.05) is 0 Å². The van der Waals surface area contributed by atoms with E-state index in [2.05, 4.69) is 0 Å². The summed E-state index contributed by atoms with van der Waals surface area (Å²) >= 11 is 0. The molecular formula is C4H6O3. The molecule has 0 rings (SSSR count). The molecule has 0 aliphatic carbocycles. The molecule has 7 heavy (non-hydrogen) atoms. The van der Waals surface area contributed by atoms with Crippen molar-refractivity contribution < 1.29 is 15.0 Å². The molecule has 40 valence electrons. The average Bonchev–Trinajstić information content (AvgIpc) is 1.65. The van der Waals surface area contributed by atoms with Crippen LogP contribution in [0.3, 0.4) is 0 Å². The highest BCUT2D eigenvalue weighted by Gasteiger charge is 1.95. The number of allylic oxidation sites excluding steroid dienone is 1. The molecule has 0 aromatic carbocycles. The molecule has 0 aromatic heterocycles. The number of Topliss-reactive ketones (excluding diaryl/α,β-unsaturated/α-hetero) is 1. The van der Waals surface area contributed by atoms with E-state index in [1.54, 1.807) is 0 Å². The third-order valence-electron chi connectivity index (χ3n) is 0.483. The summed E-state index contributed by atoms with van der Waals surface area (Å²) in [6, 6.07) is 0. The number of hydrogen-bond acceptors (Lipinski definition) is 3. The summed E-state index contributed by atoms with van der Waals surface area (Å²) in [6.45, 7) is 1.15. The minimum atomic E-state index is -0.611. The van der Waals surface area contributed by atoms with Gasteiger partial charge in [0.05, 0.1) is 0 Å². The van der Waals surface area contributed by atoms with E-state index in [0.29, 0.717) is 6.26 Å². The van der Waals surface area contributed by atoms with Crippen LogP contribution in [0.15, 0.2) is 12.0 Å². The maximum Gasteiger partial charge on any atom is 0.197 e. The van der Waals surface area contributed by atoms with Crippen molar-refractivity contribution in [3.8, 4) is 0 Å². The Morgan fingerprint density at radius 2 is 2.14 bits per heavy atom. The summed E-state index contributed by atoms with van der Waals surface area (Å²) in [4.78, 5) is 9.90. The molecule has 0 aliphatic rings. The van der Waals surface area contributed by atoms with E-state index in [0.717, 1.165) is 6.92 Å². The largest absolute Gasteiger partial charge is 0.512 e. The zero-order valence-corrected chi connectivity index (χ0v) is 3.88. The quantitative estimate of drug-likeness (QED) is 0.375. The van der Waals surface area contributed by atoms with Gasteiger partial charge in [-0.2, -0.15) is 0 Å². The monoisotopic (exact) mass is 102 g/mol. The first-order valence-corrected chi connectivity index (χ1v) is 1.72. The highest BCUT2D eigenvalue weighted by molar-refractivity contribution is 5.90. The molecule has 3 nitrogen and oxygen atoms in total. The highest BCUT2D eigenvalue weighted by Crippen LogP contribution is 1.83. The zero-order chi connectivity index (χ0) is 5.86. The molecule has 0 spiro atoms. The lowest BCUT2D eigenvalue weighted by molar-refractivity contribution is -0.116. The number of carbonyl (C=O) groups is 1. The Labute approximate surface area is 40.9 Å². The molecule has 0 saturated heterocycles. The van der Waals surface area contributed by atoms with Crippen LogP contribution in [-0.4, -0.2) is 16.0 Å². The van der Waals surface area contributed by atoms with Gasteiger partial charge in [-0.25, -0.2) is 0 Å². The van der Waals surface area contributed by atoms with E-state index < -0.39 is 11.5 Å². The predicted molar refractivity (Wildman–Crippen MR) is 24.0 cm³/mol. The van der Waals surface area contributed by atoms with Gasteiger partial charge >= 0.3 is 0 Å². The van der Waals surface area contributed by atoms with Gasteiger partial charge in [-0.3, -0.25) is 4.79 Å². The summed E-state index contributed by atoms with van der Waals surface area (Å²) in [7, 11) is 0. The number of hydrogen-bond donors (Lipinski definition) is 2. The first-order chi connectivity index (χ1) is 3.18. The SMILES string of the molecule is CC(=O)/C(O)=C/O. The average molecular weight is 102 g/mol. The van der Waals surface area contributed by atoms with Crippen LogP contribution in [-0.2, 0) is 4.79 Å². The Morgan fingerprint density at radius 1 is 1.71 bits per heavy atom. The second-order valence-corrected chi connectivity index (χ2v) is 1.07. The van der Waals surface area contributed by atoms with Gasteiger partial charge in [0.2, 0.25) is 0 Å². The second-order valence-electron chi connectivity index (χ2n) is 1.07. The predicted octanol–water partition coefficient (Wildman–Crippen LogP) is 0.533. The van der Waals surface area contributed by atoms with E-state index in [1.165, 1.54) is 0 Å². The molecule has 3 heteroatoms. The van der Waals surface area contributed by atoms with Crippen LogP contribution in [0.1, 0.15) is 6.92 Å². The molecule has 0 aromatic rings. The molecule has 0 fully saturated rings. The maximum atomic E-state index is 9.90. The van der Waals surface area contributed by atoms with Crippen molar-refractivity contribution in [1.82, 2.24) is 0 Å². The molecule has 0 unspecified atom stereocenters. The Kier molecular flexibility index (Phi) is 1.91. The van der Waals surface area contributed by atoms with Crippen molar-refractivity contribution in [3.63, 3.8) is 0 Å². The van der Waals surface area contributed by atoms with Gasteiger partial charge in [0, 0.05) is 6.92 Å². The van der Waals surface area contributed by atoms with Crippen LogP contribution >= 0.6 is 0 Å². The summed E-state index contributed by atoms with van der Waals surface area (Å²) < 4.78 is 0. The Bertz CT molecular complexity index is 104. The molecular weight excluding hydrogens is 96.0 g/mol. The zero-order valence-electron chi connectivity index (χ0n) is 3.88. The van der Waals surface area contributed by atoms with Crippen molar-refractivity contribution in [1.29, 1.82) is 0 Å². The van der Waals surface area contributed by atoms with E-state index >= 15 is 0 Å². The third-order valence-corrected chi connectivity index (χ3v) is 0.483. The fourth-order valence-corrected chi connectivity index (χ4v) is 0.0909. The first kappa shape index (κ1) is 6.01. The lowest BCUT2D eigenvalue weighted by atomic mass is 10.4. The highest BCUT2D eigenvalue weighted by atomic mass is 16.3. The van der Waals surface area contributed by atoms with Crippen LogP contribution < -0.4 is 0 Å². The van der Waals surface area contributed by atoms with Crippen LogP contribution in [0.4, 0.5) is 0 Å². The standard InChI is InChI=1S/C4H6O3/c1-3(6)4(7)2-5/h2,5,7H,1H3/b4-2-. The van der Waals surface area contributed by atoms with Crippen LogP contribution in [0, 0.1) is 0 Å². The summed E-state index contributed by atoms with van der Waals surface area (Å²) in [6.07, 6.45) is 0.363. The third kappa shape index (κ3) is 1.81. The molecule has 0 amide bonds. The molecule has 0 radical (unpaired) electrons. The molecule has 0 saturated carbocycles. The smallest absolute Gasteiger partial charge is 0.197 e. The molecule has 0 atom stereocenters. The lowest BCUT2D eigenvalue weighted by Crippen LogP contribution is -1.93. The van der Waals surface area contributed by atoms with Crippen LogP contribution in [0.25, 0.3) is 0 Å². The Morgan fingerprint density at radius 3 is 2.14 bits per heavy atom. The van der Waals surface area contributed by atoms with Crippen LogP contribution in [0.2, 0.25) is 0 Å². The minimum Gasteiger partial charge on any atom is -0.512 e. The van der Waals surface area contributed by atoms with Gasteiger partial charge in [0.25, 0.3) is 0 Å². The van der Waals surface area contributed by atoms with Crippen molar-refractivity contribution in [2.45, 2.75) is 6.92 Å². The van der Waals surface area contributed by atoms with Gasteiger partial charge < -0.3 is 10.2 Å². The summed E-state index contributed by atoms with van der Waals surface area (Å²) in [5.41, 5.74) is 0. The Hall–Kier alpha value is -0.990. The first-order valence-electron chi connectivity index (χ1n) is 1.72. The van der Waals surface area contributed by atoms with Gasteiger partial charge in [-0.1, -0.05) is 0 Å². The molecule has 0 aliphatic heterocycles. The van der Waals surface area contributed by atoms with E-state index in [9.17, 15) is 4.79 Å². The fourth-order valence-electron chi connectivity index (χ4n) is 0.0909. The van der Waals surface area contributed by atoms with Crippen LogP contribution in [0.5, 0.6) is 0 Å².